The number of aliphatic imine (C=N–C) groups is 1. The average Bonchev–Trinajstić information content (AvgIpc) is 2.81. The van der Waals surface area contributed by atoms with Crippen LogP contribution in [0.3, 0.4) is 0 Å². The number of halogens is 2. The Labute approximate surface area is 120 Å². The summed E-state index contributed by atoms with van der Waals surface area (Å²) in [5, 5.41) is 4.48. The largest absolute Gasteiger partial charge is 0.305 e. The summed E-state index contributed by atoms with van der Waals surface area (Å²) in [7, 11) is 0. The van der Waals surface area contributed by atoms with E-state index in [1.807, 2.05) is 0 Å². The summed E-state index contributed by atoms with van der Waals surface area (Å²) in [4.78, 5) is 16.3. The van der Waals surface area contributed by atoms with Gasteiger partial charge in [0.2, 0.25) is 5.91 Å². The summed E-state index contributed by atoms with van der Waals surface area (Å²) in [6, 6.07) is 5.22. The average molecular weight is 303 g/mol. The molecule has 0 bridgehead atoms. The van der Waals surface area contributed by atoms with Crippen LogP contribution in [0.15, 0.2) is 23.2 Å². The zero-order valence-corrected chi connectivity index (χ0v) is 12.1. The highest BCUT2D eigenvalue weighted by atomic mass is 35.5. The number of carbonyl (C=O) groups is 1. The molecule has 1 aliphatic heterocycles. The lowest BCUT2D eigenvalue weighted by molar-refractivity contribution is -0.120. The molecule has 96 valence electrons. The van der Waals surface area contributed by atoms with Crippen LogP contribution >= 0.6 is 35.0 Å². The summed E-state index contributed by atoms with van der Waals surface area (Å²) in [5.74, 6) is 0.366. The Balaban J connectivity index is 2.15. The van der Waals surface area contributed by atoms with E-state index in [1.54, 1.807) is 36.9 Å². The van der Waals surface area contributed by atoms with Gasteiger partial charge in [-0.15, -0.1) is 0 Å². The van der Waals surface area contributed by atoms with Gasteiger partial charge < -0.3 is 5.32 Å². The predicted molar refractivity (Wildman–Crippen MR) is 77.8 cm³/mol. The predicted octanol–water partition coefficient (Wildman–Crippen LogP) is 3.32. The fraction of sp³-hybridized carbons (Fsp3) is 0.333. The first kappa shape index (κ1) is 13.7. The highest BCUT2D eigenvalue weighted by Crippen LogP contribution is 2.31. The fourth-order valence-electron chi connectivity index (χ4n) is 1.68. The molecule has 3 nitrogen and oxygen atoms in total. The van der Waals surface area contributed by atoms with Gasteiger partial charge in [-0.2, -0.15) is 0 Å². The van der Waals surface area contributed by atoms with Crippen molar-refractivity contribution < 1.29 is 4.79 Å². The second-order valence-corrected chi connectivity index (χ2v) is 5.78. The molecule has 0 aromatic heterocycles. The topological polar surface area (TPSA) is 41.5 Å². The Morgan fingerprint density at radius 1 is 1.44 bits per heavy atom. The van der Waals surface area contributed by atoms with Crippen LogP contribution < -0.4 is 5.32 Å². The highest BCUT2D eigenvalue weighted by Gasteiger charge is 2.22. The lowest BCUT2D eigenvalue weighted by Gasteiger charge is -2.15. The van der Waals surface area contributed by atoms with Crippen LogP contribution in [0.5, 0.6) is 0 Å². The van der Waals surface area contributed by atoms with Gasteiger partial charge in [0.1, 0.15) is 0 Å². The number of nitrogens with one attached hydrogen (secondary N) is 1. The molecule has 0 saturated carbocycles. The maximum atomic E-state index is 12.1. The smallest absolute Gasteiger partial charge is 0.233 e. The van der Waals surface area contributed by atoms with Crippen molar-refractivity contribution in [1.82, 2.24) is 5.32 Å². The van der Waals surface area contributed by atoms with Crippen molar-refractivity contribution in [2.75, 3.05) is 12.3 Å². The molecule has 0 fully saturated rings. The molecule has 0 aliphatic carbocycles. The molecular formula is C12H12Cl2N2OS. The number of thioether (sulfide) groups is 1. The SMILES string of the molecule is C[C@@H](C(=O)NC1=NCCS1)c1c(Cl)cccc1Cl. The molecule has 0 radical (unpaired) electrons. The normalized spacial score (nSPS) is 16.3. The van der Waals surface area contributed by atoms with E-state index in [9.17, 15) is 4.79 Å². The molecule has 1 N–H and O–H groups in total. The monoisotopic (exact) mass is 302 g/mol. The third kappa shape index (κ3) is 2.99. The minimum atomic E-state index is -0.407. The number of nitrogens with zero attached hydrogens (tertiary/aromatic N) is 1. The molecule has 1 aliphatic rings. The van der Waals surface area contributed by atoms with E-state index in [4.69, 9.17) is 23.2 Å². The number of hydrogen-bond acceptors (Lipinski definition) is 3. The molecule has 6 heteroatoms. The highest BCUT2D eigenvalue weighted by molar-refractivity contribution is 8.14. The summed E-state index contributed by atoms with van der Waals surface area (Å²) in [6.45, 7) is 2.53. The number of rotatable bonds is 2. The second-order valence-electron chi connectivity index (χ2n) is 3.88. The van der Waals surface area contributed by atoms with Gasteiger partial charge >= 0.3 is 0 Å². The number of carbonyl (C=O) groups excluding carboxylic acids is 1. The Morgan fingerprint density at radius 2 is 2.11 bits per heavy atom. The molecule has 0 unspecified atom stereocenters. The van der Waals surface area contributed by atoms with E-state index in [1.165, 1.54) is 0 Å². The Kier molecular flexibility index (Phi) is 4.54. The molecule has 18 heavy (non-hydrogen) atoms. The van der Waals surface area contributed by atoms with E-state index in [-0.39, 0.29) is 5.91 Å². The van der Waals surface area contributed by atoms with Gasteiger partial charge in [0.15, 0.2) is 5.17 Å². The maximum Gasteiger partial charge on any atom is 0.233 e. The van der Waals surface area contributed by atoms with E-state index < -0.39 is 5.92 Å². The minimum Gasteiger partial charge on any atom is -0.305 e. The second kappa shape index (κ2) is 5.95. The molecule has 1 aromatic carbocycles. The third-order valence-corrected chi connectivity index (χ3v) is 4.19. The van der Waals surface area contributed by atoms with Crippen molar-refractivity contribution in [3.8, 4) is 0 Å². The van der Waals surface area contributed by atoms with Gasteiger partial charge in [-0.3, -0.25) is 9.79 Å². The standard InChI is InChI=1S/C12H12Cl2N2OS/c1-7(10-8(13)3-2-4-9(10)14)11(17)16-12-15-5-6-18-12/h2-4,7H,5-6H2,1H3,(H,15,16,17)/t7-/m1/s1. The summed E-state index contributed by atoms with van der Waals surface area (Å²) in [6.07, 6.45) is 0. The summed E-state index contributed by atoms with van der Waals surface area (Å²) < 4.78 is 0. The molecule has 1 amide bonds. The van der Waals surface area contributed by atoms with Gasteiger partial charge in [0, 0.05) is 21.4 Å². The number of amidine groups is 1. The molecule has 0 saturated heterocycles. The summed E-state index contributed by atoms with van der Waals surface area (Å²) >= 11 is 13.7. The molecule has 1 atom stereocenters. The lowest BCUT2D eigenvalue weighted by Crippen LogP contribution is -2.31. The Bertz CT molecular complexity index is 485. The van der Waals surface area contributed by atoms with Crippen molar-refractivity contribution in [3.63, 3.8) is 0 Å². The van der Waals surface area contributed by atoms with Crippen molar-refractivity contribution in [1.29, 1.82) is 0 Å². The first-order valence-electron chi connectivity index (χ1n) is 5.51. The van der Waals surface area contributed by atoms with Crippen LogP contribution in [-0.4, -0.2) is 23.4 Å². The van der Waals surface area contributed by atoms with Crippen molar-refractivity contribution in [2.24, 2.45) is 4.99 Å². The van der Waals surface area contributed by atoms with Gasteiger partial charge in [-0.25, -0.2) is 0 Å². The molecule has 0 spiro atoms. The zero-order chi connectivity index (χ0) is 13.1. The maximum absolute atomic E-state index is 12.1. The number of amides is 1. The molecule has 1 heterocycles. The molecular weight excluding hydrogens is 291 g/mol. The van der Waals surface area contributed by atoms with Crippen LogP contribution in [0, 0.1) is 0 Å². The zero-order valence-electron chi connectivity index (χ0n) is 9.74. The van der Waals surface area contributed by atoms with E-state index in [2.05, 4.69) is 10.3 Å². The van der Waals surface area contributed by atoms with E-state index in [0.717, 1.165) is 12.3 Å². The Hall–Kier alpha value is -0.710. The van der Waals surface area contributed by atoms with Crippen LogP contribution in [0.4, 0.5) is 0 Å². The number of hydrogen-bond donors (Lipinski definition) is 1. The lowest BCUT2D eigenvalue weighted by atomic mass is 10.0. The van der Waals surface area contributed by atoms with E-state index in [0.29, 0.717) is 20.8 Å². The van der Waals surface area contributed by atoms with Crippen molar-refractivity contribution >= 4 is 46.0 Å². The summed E-state index contributed by atoms with van der Waals surface area (Å²) in [5.41, 5.74) is 0.655. The molecule has 2 rings (SSSR count). The first-order valence-corrected chi connectivity index (χ1v) is 7.25. The van der Waals surface area contributed by atoms with Crippen LogP contribution in [-0.2, 0) is 4.79 Å². The minimum absolute atomic E-state index is 0.141. The van der Waals surface area contributed by atoms with Crippen molar-refractivity contribution in [3.05, 3.63) is 33.8 Å². The van der Waals surface area contributed by atoms with Crippen LogP contribution in [0.1, 0.15) is 18.4 Å². The van der Waals surface area contributed by atoms with Gasteiger partial charge in [0.25, 0.3) is 0 Å². The van der Waals surface area contributed by atoms with Gasteiger partial charge in [-0.05, 0) is 19.1 Å². The van der Waals surface area contributed by atoms with Gasteiger partial charge in [-0.1, -0.05) is 41.0 Å². The van der Waals surface area contributed by atoms with E-state index >= 15 is 0 Å². The number of benzene rings is 1. The van der Waals surface area contributed by atoms with Crippen LogP contribution in [0.25, 0.3) is 0 Å². The molecule has 1 aromatic rings. The quantitative estimate of drug-likeness (QED) is 0.910. The Morgan fingerprint density at radius 3 is 2.67 bits per heavy atom. The van der Waals surface area contributed by atoms with Crippen molar-refractivity contribution in [2.45, 2.75) is 12.8 Å². The fourth-order valence-corrected chi connectivity index (χ4v) is 3.14. The van der Waals surface area contributed by atoms with Crippen LogP contribution in [0.2, 0.25) is 10.0 Å². The van der Waals surface area contributed by atoms with Gasteiger partial charge in [0.05, 0.1) is 12.5 Å². The first-order chi connectivity index (χ1) is 8.59. The third-order valence-electron chi connectivity index (χ3n) is 2.64.